The van der Waals surface area contributed by atoms with Gasteiger partial charge in [-0.2, -0.15) is 0 Å². The normalized spacial score (nSPS) is 10.7. The first-order chi connectivity index (χ1) is 16.8. The molecule has 0 amide bonds. The maximum atomic E-state index is 6.23. The Morgan fingerprint density at radius 1 is 0.618 bits per heavy atom. The molecule has 170 valence electrons. The Bertz CT molecular complexity index is 1350. The summed E-state index contributed by atoms with van der Waals surface area (Å²) in [7, 11) is 1.65. The van der Waals surface area contributed by atoms with Gasteiger partial charge in [0.05, 0.1) is 7.11 Å². The summed E-state index contributed by atoms with van der Waals surface area (Å²) in [6.45, 7) is 0.918. The molecular weight excluding hydrogens is 444 g/mol. The van der Waals surface area contributed by atoms with E-state index in [4.69, 9.17) is 18.9 Å². The van der Waals surface area contributed by atoms with E-state index in [-0.39, 0.29) is 0 Å². The third-order valence-electron chi connectivity index (χ3n) is 5.37. The molecule has 0 unspecified atom stereocenters. The van der Waals surface area contributed by atoms with Crippen LogP contribution in [0.3, 0.4) is 0 Å². The van der Waals surface area contributed by atoms with Crippen molar-refractivity contribution in [2.45, 2.75) is 13.2 Å². The van der Waals surface area contributed by atoms with E-state index in [2.05, 4.69) is 12.1 Å². The maximum Gasteiger partial charge on any atom is 0.163 e. The molecule has 0 spiro atoms. The smallest absolute Gasteiger partial charge is 0.163 e. The van der Waals surface area contributed by atoms with Crippen LogP contribution < -0.4 is 18.9 Å². The van der Waals surface area contributed by atoms with Crippen LogP contribution in [0.5, 0.6) is 28.7 Å². The Morgan fingerprint density at radius 2 is 1.18 bits per heavy atom. The summed E-state index contributed by atoms with van der Waals surface area (Å²) in [5.74, 6) is 3.72. The zero-order valence-electron chi connectivity index (χ0n) is 18.8. The molecule has 0 aliphatic rings. The molecule has 0 radical (unpaired) electrons. The highest BCUT2D eigenvalue weighted by Gasteiger charge is 2.14. The lowest BCUT2D eigenvalue weighted by Crippen LogP contribution is -2.00. The number of hydrogen-bond acceptors (Lipinski definition) is 5. The Hall–Kier alpha value is -3.96. The molecule has 1 heterocycles. The minimum absolute atomic E-state index is 0.451. The summed E-state index contributed by atoms with van der Waals surface area (Å²) in [5.41, 5.74) is 2.20. The van der Waals surface area contributed by atoms with E-state index < -0.39 is 0 Å². The average Bonchev–Trinajstić information content (AvgIpc) is 3.28. The summed E-state index contributed by atoms with van der Waals surface area (Å²) >= 11 is 1.61. The molecule has 0 aliphatic carbocycles. The average molecular weight is 469 g/mol. The van der Waals surface area contributed by atoms with Gasteiger partial charge in [0.15, 0.2) is 11.5 Å². The molecule has 0 N–H and O–H groups in total. The van der Waals surface area contributed by atoms with E-state index in [0.29, 0.717) is 24.7 Å². The van der Waals surface area contributed by atoms with Gasteiger partial charge >= 0.3 is 0 Å². The fourth-order valence-electron chi connectivity index (χ4n) is 3.56. The van der Waals surface area contributed by atoms with Crippen LogP contribution in [-0.2, 0) is 13.2 Å². The van der Waals surface area contributed by atoms with Crippen molar-refractivity contribution in [3.05, 3.63) is 114 Å². The third kappa shape index (κ3) is 5.16. The minimum Gasteiger partial charge on any atom is -0.497 e. The van der Waals surface area contributed by atoms with Crippen molar-refractivity contribution < 1.29 is 18.9 Å². The molecule has 0 fully saturated rings. The van der Waals surface area contributed by atoms with E-state index in [1.165, 1.54) is 0 Å². The van der Waals surface area contributed by atoms with Crippen molar-refractivity contribution in [1.29, 1.82) is 0 Å². The van der Waals surface area contributed by atoms with Gasteiger partial charge in [0.25, 0.3) is 0 Å². The predicted octanol–water partition coefficient (Wildman–Crippen LogP) is 7.86. The number of hydrogen-bond donors (Lipinski definition) is 0. The molecule has 0 saturated carbocycles. The van der Waals surface area contributed by atoms with E-state index >= 15 is 0 Å². The zero-order chi connectivity index (χ0) is 23.2. The lowest BCUT2D eigenvalue weighted by molar-refractivity contribution is 0.256. The topological polar surface area (TPSA) is 36.9 Å². The van der Waals surface area contributed by atoms with Gasteiger partial charge in [-0.3, -0.25) is 0 Å². The van der Waals surface area contributed by atoms with Gasteiger partial charge < -0.3 is 18.9 Å². The molecule has 1 aromatic heterocycles. The Balaban J connectivity index is 1.44. The third-order valence-corrected chi connectivity index (χ3v) is 6.29. The van der Waals surface area contributed by atoms with E-state index in [1.54, 1.807) is 18.4 Å². The molecule has 34 heavy (non-hydrogen) atoms. The zero-order valence-corrected chi connectivity index (χ0v) is 19.6. The first kappa shape index (κ1) is 21.9. The maximum absolute atomic E-state index is 6.23. The quantitative estimate of drug-likeness (QED) is 0.221. The number of benzene rings is 4. The molecular formula is C29H24O4S. The van der Waals surface area contributed by atoms with Crippen LogP contribution in [0.25, 0.3) is 10.1 Å². The van der Waals surface area contributed by atoms with Crippen molar-refractivity contribution in [3.8, 4) is 28.7 Å². The number of fused-ring (bicyclic) bond motifs is 1. The Morgan fingerprint density at radius 3 is 1.76 bits per heavy atom. The van der Waals surface area contributed by atoms with Gasteiger partial charge in [-0.15, -0.1) is 11.3 Å². The van der Waals surface area contributed by atoms with Crippen LogP contribution in [0.4, 0.5) is 0 Å². The molecule has 5 heteroatoms. The fourth-order valence-corrected chi connectivity index (χ4v) is 4.43. The number of ether oxygens (including phenoxy) is 4. The van der Waals surface area contributed by atoms with Crippen molar-refractivity contribution in [1.82, 2.24) is 0 Å². The monoisotopic (exact) mass is 468 g/mol. The highest BCUT2D eigenvalue weighted by atomic mass is 32.1. The lowest BCUT2D eigenvalue weighted by Gasteiger charge is -2.14. The lowest BCUT2D eigenvalue weighted by atomic mass is 10.2. The molecule has 5 aromatic rings. The minimum atomic E-state index is 0.451. The largest absolute Gasteiger partial charge is 0.497 e. The van der Waals surface area contributed by atoms with E-state index in [1.807, 2.05) is 90.3 Å². The number of rotatable bonds is 9. The van der Waals surface area contributed by atoms with Gasteiger partial charge in [0, 0.05) is 21.5 Å². The Kier molecular flexibility index (Phi) is 6.64. The summed E-state index contributed by atoms with van der Waals surface area (Å²) in [6.07, 6.45) is 0. The van der Waals surface area contributed by atoms with Gasteiger partial charge in [-0.1, -0.05) is 60.7 Å². The molecule has 4 nitrogen and oxygen atoms in total. The molecule has 0 aliphatic heterocycles. The first-order valence-corrected chi connectivity index (χ1v) is 11.9. The van der Waals surface area contributed by atoms with Crippen LogP contribution in [0.1, 0.15) is 11.1 Å². The highest BCUT2D eigenvalue weighted by molar-refractivity contribution is 7.17. The number of methoxy groups -OCH3 is 1. The van der Waals surface area contributed by atoms with Crippen LogP contribution in [0, 0.1) is 0 Å². The predicted molar refractivity (Wildman–Crippen MR) is 136 cm³/mol. The summed E-state index contributed by atoms with van der Waals surface area (Å²) < 4.78 is 24.9. The van der Waals surface area contributed by atoms with Crippen molar-refractivity contribution in [2.75, 3.05) is 7.11 Å². The summed E-state index contributed by atoms with van der Waals surface area (Å²) in [5, 5.41) is 2.99. The molecule has 4 aromatic carbocycles. The van der Waals surface area contributed by atoms with Gasteiger partial charge in [0.2, 0.25) is 0 Å². The van der Waals surface area contributed by atoms with Gasteiger partial charge in [-0.05, 0) is 41.5 Å². The van der Waals surface area contributed by atoms with Crippen LogP contribution in [-0.4, -0.2) is 7.11 Å². The second kappa shape index (κ2) is 10.3. The van der Waals surface area contributed by atoms with E-state index in [0.717, 1.165) is 38.5 Å². The summed E-state index contributed by atoms with van der Waals surface area (Å²) in [4.78, 5) is 0. The standard InChI is InChI=1S/C29H24O4S/c1-30-23-12-14-24(15-13-23)33-28-20-34-29-17-27(32-19-22-10-6-3-7-11-22)26(16-25(28)29)31-18-21-8-4-2-5-9-21/h2-17,20H,18-19H2,1H3. The van der Waals surface area contributed by atoms with Crippen molar-refractivity contribution >= 4 is 21.4 Å². The van der Waals surface area contributed by atoms with Crippen LogP contribution in [0.15, 0.2) is 102 Å². The molecule has 0 atom stereocenters. The SMILES string of the molecule is COc1ccc(Oc2csc3cc(OCc4ccccc4)c(OCc4ccccc4)cc23)cc1. The second-order valence-electron chi connectivity index (χ2n) is 7.72. The summed E-state index contributed by atoms with van der Waals surface area (Å²) in [6, 6.07) is 31.8. The van der Waals surface area contributed by atoms with Gasteiger partial charge in [0.1, 0.15) is 30.5 Å². The highest BCUT2D eigenvalue weighted by Crippen LogP contribution is 2.42. The van der Waals surface area contributed by atoms with Crippen LogP contribution in [0.2, 0.25) is 0 Å². The second-order valence-corrected chi connectivity index (χ2v) is 8.63. The molecule has 5 rings (SSSR count). The first-order valence-electron chi connectivity index (χ1n) is 11.0. The Labute approximate surface area is 202 Å². The van der Waals surface area contributed by atoms with Gasteiger partial charge in [-0.25, -0.2) is 0 Å². The van der Waals surface area contributed by atoms with Crippen molar-refractivity contribution in [2.24, 2.45) is 0 Å². The van der Waals surface area contributed by atoms with Crippen molar-refractivity contribution in [3.63, 3.8) is 0 Å². The van der Waals surface area contributed by atoms with E-state index in [9.17, 15) is 0 Å². The fraction of sp³-hybridized carbons (Fsp3) is 0.103. The molecule has 0 bridgehead atoms. The number of thiophene rings is 1. The molecule has 0 saturated heterocycles. The van der Waals surface area contributed by atoms with Crippen LogP contribution >= 0.6 is 11.3 Å².